The number of esters is 1. The van der Waals surface area contributed by atoms with Crippen LogP contribution in [0.4, 0.5) is 5.69 Å². The third kappa shape index (κ3) is 7.35. The number of ketones is 4. The van der Waals surface area contributed by atoms with Crippen molar-refractivity contribution < 1.29 is 38.6 Å². The van der Waals surface area contributed by atoms with Gasteiger partial charge in [-0.05, 0) is 24.1 Å². The second-order valence-electron chi connectivity index (χ2n) is 10.7. The van der Waals surface area contributed by atoms with Crippen LogP contribution in [0.3, 0.4) is 0 Å². The van der Waals surface area contributed by atoms with Crippen LogP contribution in [0.15, 0.2) is 36.5 Å². The van der Waals surface area contributed by atoms with E-state index in [1.807, 2.05) is 31.1 Å². The van der Waals surface area contributed by atoms with Gasteiger partial charge in [-0.1, -0.05) is 32.9 Å². The number of hydrogen-bond donors (Lipinski definition) is 2. The summed E-state index contributed by atoms with van der Waals surface area (Å²) in [5, 5.41) is 13.2. The molecule has 1 aromatic heterocycles. The number of nitrogens with one attached hydrogen (secondary N) is 1. The van der Waals surface area contributed by atoms with Crippen molar-refractivity contribution in [2.24, 2.45) is 17.8 Å². The number of methoxy groups -OCH3 is 1. The number of anilines is 1. The molecule has 11 nitrogen and oxygen atoms in total. The Kier molecular flexibility index (Phi) is 10.3. The largest absolute Gasteiger partial charge is 0.503 e. The fourth-order valence-corrected chi connectivity index (χ4v) is 4.63. The molecule has 0 saturated heterocycles. The predicted molar refractivity (Wildman–Crippen MR) is 150 cm³/mol. The summed E-state index contributed by atoms with van der Waals surface area (Å²) >= 11 is 0. The molecule has 0 unspecified atom stereocenters. The highest BCUT2D eigenvalue weighted by molar-refractivity contribution is 6.44. The van der Waals surface area contributed by atoms with Crippen molar-refractivity contribution in [3.05, 3.63) is 47.8 Å². The summed E-state index contributed by atoms with van der Waals surface area (Å²) < 4.78 is 10.7. The van der Waals surface area contributed by atoms with Gasteiger partial charge in [0.25, 0.3) is 0 Å². The van der Waals surface area contributed by atoms with Gasteiger partial charge in [0.15, 0.2) is 11.5 Å². The lowest BCUT2D eigenvalue weighted by atomic mass is 9.81. The normalized spacial score (nSPS) is 21.7. The van der Waals surface area contributed by atoms with Crippen LogP contribution in [-0.4, -0.2) is 72.5 Å². The molecule has 0 radical (unpaired) electrons. The summed E-state index contributed by atoms with van der Waals surface area (Å²) in [4.78, 5) is 72.4. The van der Waals surface area contributed by atoms with Crippen LogP contribution in [0.25, 0.3) is 0 Å². The van der Waals surface area contributed by atoms with Gasteiger partial charge in [-0.3, -0.25) is 29.0 Å². The van der Waals surface area contributed by atoms with Crippen LogP contribution in [-0.2, 0) is 41.7 Å². The first-order chi connectivity index (χ1) is 19.3. The second kappa shape index (κ2) is 13.5. The van der Waals surface area contributed by atoms with Gasteiger partial charge in [0.2, 0.25) is 23.1 Å². The molecule has 1 aliphatic rings. The summed E-state index contributed by atoms with van der Waals surface area (Å²) in [5.41, 5.74) is 1.75. The molecule has 11 heteroatoms. The van der Waals surface area contributed by atoms with E-state index in [1.165, 1.54) is 26.3 Å². The number of pyridine rings is 1. The maximum Gasteiger partial charge on any atom is 0.308 e. The zero-order chi connectivity index (χ0) is 30.4. The van der Waals surface area contributed by atoms with E-state index in [-0.39, 0.29) is 30.2 Å². The fraction of sp³-hybridized carbons (Fsp3) is 0.467. The van der Waals surface area contributed by atoms with Crippen molar-refractivity contribution >= 4 is 34.8 Å². The number of aromatic nitrogens is 1. The van der Waals surface area contributed by atoms with E-state index >= 15 is 0 Å². The summed E-state index contributed by atoms with van der Waals surface area (Å²) in [6, 6.07) is 7.41. The minimum Gasteiger partial charge on any atom is -0.503 e. The number of ether oxygens (including phenoxy) is 2. The maximum absolute atomic E-state index is 13.6. The van der Waals surface area contributed by atoms with E-state index in [2.05, 4.69) is 10.3 Å². The lowest BCUT2D eigenvalue weighted by molar-refractivity contribution is -0.163. The lowest BCUT2D eigenvalue weighted by Crippen LogP contribution is -2.46. The minimum atomic E-state index is -1.35. The van der Waals surface area contributed by atoms with Crippen molar-refractivity contribution in [2.45, 2.75) is 52.3 Å². The molecule has 41 heavy (non-hydrogen) atoms. The molecule has 0 amide bonds. The highest BCUT2D eigenvalue weighted by Crippen LogP contribution is 2.30. The SMILES string of the molecule is COc1ccnc(CN[C@H]2CC(=O)C(=O)[C@H](Cc3ccc(N(C)C)cc3)[C@H](OC(=O)C(C)C)[C@H](C)C(=O)C2=O)c1O. The zero-order valence-corrected chi connectivity index (χ0v) is 24.2. The van der Waals surface area contributed by atoms with E-state index in [4.69, 9.17) is 9.47 Å². The molecule has 220 valence electrons. The third-order valence-corrected chi connectivity index (χ3v) is 7.19. The maximum atomic E-state index is 13.6. The molecule has 1 heterocycles. The number of Topliss-reactive ketones (excluding diaryl/α,β-unsaturated/α-hetero) is 4. The summed E-state index contributed by atoms with van der Waals surface area (Å²) in [6.45, 7) is 4.46. The summed E-state index contributed by atoms with van der Waals surface area (Å²) in [5.74, 6) is -7.19. The van der Waals surface area contributed by atoms with Gasteiger partial charge in [0, 0.05) is 45.0 Å². The molecule has 0 bridgehead atoms. The van der Waals surface area contributed by atoms with Crippen LogP contribution >= 0.6 is 0 Å². The molecule has 1 aliphatic carbocycles. The van der Waals surface area contributed by atoms with Gasteiger partial charge in [-0.15, -0.1) is 0 Å². The van der Waals surface area contributed by atoms with Crippen molar-refractivity contribution in [3.63, 3.8) is 0 Å². The molecule has 1 saturated carbocycles. The van der Waals surface area contributed by atoms with E-state index in [0.717, 1.165) is 5.69 Å². The number of benzene rings is 1. The Hall–Kier alpha value is -4.12. The van der Waals surface area contributed by atoms with Crippen LogP contribution in [0.1, 0.15) is 38.4 Å². The molecule has 1 fully saturated rings. The van der Waals surface area contributed by atoms with Crippen molar-refractivity contribution in [3.8, 4) is 11.5 Å². The first kappa shape index (κ1) is 31.4. The number of rotatable bonds is 9. The third-order valence-electron chi connectivity index (χ3n) is 7.19. The molecule has 2 N–H and O–H groups in total. The Morgan fingerprint density at radius 2 is 1.73 bits per heavy atom. The topological polar surface area (TPSA) is 152 Å². The second-order valence-corrected chi connectivity index (χ2v) is 10.7. The van der Waals surface area contributed by atoms with E-state index in [1.54, 1.807) is 26.0 Å². The van der Waals surface area contributed by atoms with E-state index < -0.39 is 65.4 Å². The quantitative estimate of drug-likeness (QED) is 0.338. The first-order valence-corrected chi connectivity index (χ1v) is 13.4. The Bertz CT molecular complexity index is 1310. The molecule has 4 atom stereocenters. The summed E-state index contributed by atoms with van der Waals surface area (Å²) in [7, 11) is 5.14. The Morgan fingerprint density at radius 3 is 2.32 bits per heavy atom. The first-order valence-electron chi connectivity index (χ1n) is 13.4. The molecular weight excluding hydrogens is 530 g/mol. The Balaban J connectivity index is 1.97. The van der Waals surface area contributed by atoms with Crippen molar-refractivity contribution in [1.82, 2.24) is 10.3 Å². The smallest absolute Gasteiger partial charge is 0.308 e. The number of carbonyl (C=O) groups excluding carboxylic acids is 5. The van der Waals surface area contributed by atoms with E-state index in [0.29, 0.717) is 5.56 Å². The standard InChI is InChI=1S/C30H37N3O8/c1-16(2)30(39)41-29-17(3)25(35)28(38)21(32-15-22-27(37)24(40-6)11-12-31-22)14-23(34)26(36)20(29)13-18-7-9-19(10-8-18)33(4)5/h7-12,16-17,20-21,29,32,37H,13-15H2,1-6H3/t17-,20+,21+,29-/m1/s1. The highest BCUT2D eigenvalue weighted by atomic mass is 16.5. The number of carbonyl (C=O) groups is 5. The van der Waals surface area contributed by atoms with Crippen molar-refractivity contribution in [1.29, 1.82) is 0 Å². The Morgan fingerprint density at radius 1 is 1.07 bits per heavy atom. The van der Waals surface area contributed by atoms with Crippen LogP contribution in [0.5, 0.6) is 11.5 Å². The highest BCUT2D eigenvalue weighted by Gasteiger charge is 2.46. The van der Waals surface area contributed by atoms with Crippen LogP contribution < -0.4 is 15.0 Å². The zero-order valence-electron chi connectivity index (χ0n) is 24.2. The van der Waals surface area contributed by atoms with Gasteiger partial charge in [0.05, 0.1) is 36.6 Å². The molecule has 1 aromatic carbocycles. The number of aromatic hydroxyl groups is 1. The van der Waals surface area contributed by atoms with Gasteiger partial charge in [-0.2, -0.15) is 0 Å². The molecule has 0 spiro atoms. The van der Waals surface area contributed by atoms with Gasteiger partial charge >= 0.3 is 5.97 Å². The van der Waals surface area contributed by atoms with E-state index in [9.17, 15) is 29.1 Å². The Labute approximate surface area is 239 Å². The number of nitrogens with zero attached hydrogens (tertiary/aromatic N) is 2. The van der Waals surface area contributed by atoms with Crippen molar-refractivity contribution in [2.75, 3.05) is 26.1 Å². The average molecular weight is 568 g/mol. The minimum absolute atomic E-state index is 0.0276. The lowest BCUT2D eigenvalue weighted by Gasteiger charge is -2.29. The van der Waals surface area contributed by atoms with Gasteiger partial charge in [0.1, 0.15) is 6.10 Å². The van der Waals surface area contributed by atoms with Crippen LogP contribution in [0, 0.1) is 17.8 Å². The monoisotopic (exact) mass is 567 g/mol. The number of hydrogen-bond acceptors (Lipinski definition) is 11. The fourth-order valence-electron chi connectivity index (χ4n) is 4.63. The predicted octanol–water partition coefficient (Wildman–Crippen LogP) is 2.06. The van der Waals surface area contributed by atoms with Gasteiger partial charge < -0.3 is 24.8 Å². The molecular formula is C30H37N3O8. The van der Waals surface area contributed by atoms with Gasteiger partial charge in [-0.25, -0.2) is 0 Å². The average Bonchev–Trinajstić information content (AvgIpc) is 2.97. The van der Waals surface area contributed by atoms with Crippen LogP contribution in [0.2, 0.25) is 0 Å². The molecule has 2 aromatic rings. The summed E-state index contributed by atoms with van der Waals surface area (Å²) in [6.07, 6.45) is -0.484. The molecule has 0 aliphatic heterocycles. The molecule has 3 rings (SSSR count).